The lowest BCUT2D eigenvalue weighted by molar-refractivity contribution is -0.133. The predicted octanol–water partition coefficient (Wildman–Crippen LogP) is 2.48. The van der Waals surface area contributed by atoms with Crippen molar-refractivity contribution in [1.82, 2.24) is 0 Å². The molecule has 2 heteroatoms. The summed E-state index contributed by atoms with van der Waals surface area (Å²) >= 11 is 0. The first-order valence-corrected chi connectivity index (χ1v) is 4.87. The van der Waals surface area contributed by atoms with Crippen LogP contribution in [0.15, 0.2) is 11.6 Å². The lowest BCUT2D eigenvalue weighted by atomic mass is 9.89. The molecule has 0 heterocycles. The summed E-state index contributed by atoms with van der Waals surface area (Å²) in [4.78, 5) is 11.9. The van der Waals surface area contributed by atoms with E-state index in [9.17, 15) is 4.79 Å². The Bertz CT molecular complexity index is 226. The highest BCUT2D eigenvalue weighted by atomic mass is 16.5. The number of hydrogen-bond donors (Lipinski definition) is 0. The van der Waals surface area contributed by atoms with Crippen LogP contribution in [0.5, 0.6) is 0 Å². The summed E-state index contributed by atoms with van der Waals surface area (Å²) < 4.78 is 5.16. The molecule has 1 rings (SSSR count). The lowest BCUT2D eigenvalue weighted by Gasteiger charge is -2.24. The van der Waals surface area contributed by atoms with Crippen LogP contribution in [-0.2, 0) is 9.53 Å². The molecule has 0 radical (unpaired) electrons. The Morgan fingerprint density at radius 1 is 1.46 bits per heavy atom. The normalized spacial score (nSPS) is 18.2. The van der Waals surface area contributed by atoms with Crippen molar-refractivity contribution in [1.29, 1.82) is 0 Å². The second kappa shape index (κ2) is 4.05. The van der Waals surface area contributed by atoms with Gasteiger partial charge in [-0.15, -0.1) is 0 Å². The fourth-order valence-electron chi connectivity index (χ4n) is 1.52. The van der Waals surface area contributed by atoms with Crippen molar-refractivity contribution in [3.8, 4) is 0 Å². The first kappa shape index (κ1) is 10.5. The molecule has 0 unspecified atom stereocenters. The summed E-state index contributed by atoms with van der Waals surface area (Å²) in [5.41, 5.74) is 0.307. The Labute approximate surface area is 80.0 Å². The van der Waals surface area contributed by atoms with Gasteiger partial charge in [0.05, 0.1) is 0 Å². The third kappa shape index (κ3) is 2.41. The minimum absolute atomic E-state index is 0.148. The van der Waals surface area contributed by atoms with Gasteiger partial charge in [-0.2, -0.15) is 0 Å². The first-order valence-electron chi connectivity index (χ1n) is 4.87. The van der Waals surface area contributed by atoms with Gasteiger partial charge in [-0.25, -0.2) is 0 Å². The van der Waals surface area contributed by atoms with Crippen molar-refractivity contribution < 1.29 is 9.53 Å². The molecule has 0 saturated carbocycles. The van der Waals surface area contributed by atoms with E-state index in [2.05, 4.69) is 6.08 Å². The van der Waals surface area contributed by atoms with E-state index < -0.39 is 5.60 Å². The molecule has 0 saturated heterocycles. The van der Waals surface area contributed by atoms with E-state index in [0.29, 0.717) is 0 Å². The Kier molecular flexibility index (Phi) is 3.26. The predicted molar refractivity (Wildman–Crippen MR) is 52.6 cm³/mol. The molecule has 1 aliphatic rings. The molecule has 0 aromatic carbocycles. The van der Waals surface area contributed by atoms with Crippen LogP contribution in [-0.4, -0.2) is 18.5 Å². The van der Waals surface area contributed by atoms with Crippen molar-refractivity contribution in [3.63, 3.8) is 0 Å². The van der Waals surface area contributed by atoms with Crippen LogP contribution in [0.4, 0.5) is 0 Å². The smallest absolute Gasteiger partial charge is 0.189 e. The number of ketones is 1. The van der Waals surface area contributed by atoms with Gasteiger partial charge in [0.1, 0.15) is 5.60 Å². The van der Waals surface area contributed by atoms with Crippen molar-refractivity contribution in [2.45, 2.75) is 45.1 Å². The third-order valence-corrected chi connectivity index (χ3v) is 2.64. The summed E-state index contributed by atoms with van der Waals surface area (Å²) in [6.45, 7) is 3.65. The van der Waals surface area contributed by atoms with Crippen LogP contribution in [0.1, 0.15) is 39.5 Å². The maximum atomic E-state index is 11.9. The van der Waals surface area contributed by atoms with Crippen molar-refractivity contribution in [2.75, 3.05) is 7.11 Å². The summed E-state index contributed by atoms with van der Waals surface area (Å²) in [5.74, 6) is 0.148. The van der Waals surface area contributed by atoms with Gasteiger partial charge < -0.3 is 4.74 Å². The Morgan fingerprint density at radius 2 is 2.15 bits per heavy atom. The van der Waals surface area contributed by atoms with E-state index in [1.165, 1.54) is 6.42 Å². The van der Waals surface area contributed by atoms with E-state index in [0.717, 1.165) is 24.8 Å². The zero-order valence-corrected chi connectivity index (χ0v) is 8.72. The SMILES string of the molecule is COC(C)(C)C(=O)C1=CCCCC1. The Hall–Kier alpha value is -0.630. The van der Waals surface area contributed by atoms with Crippen LogP contribution in [0.3, 0.4) is 0 Å². The summed E-state index contributed by atoms with van der Waals surface area (Å²) in [5, 5.41) is 0. The number of Topliss-reactive ketones (excluding diaryl/α,β-unsaturated/α-hetero) is 1. The summed E-state index contributed by atoms with van der Waals surface area (Å²) in [7, 11) is 1.58. The average molecular weight is 182 g/mol. The van der Waals surface area contributed by atoms with Gasteiger partial charge in [0, 0.05) is 7.11 Å². The van der Waals surface area contributed by atoms with Gasteiger partial charge >= 0.3 is 0 Å². The average Bonchev–Trinajstić information content (AvgIpc) is 2.18. The number of allylic oxidation sites excluding steroid dienone is 1. The van der Waals surface area contributed by atoms with Gasteiger partial charge in [-0.1, -0.05) is 6.08 Å². The second-order valence-electron chi connectivity index (χ2n) is 4.02. The number of methoxy groups -OCH3 is 1. The van der Waals surface area contributed by atoms with Gasteiger partial charge in [0.25, 0.3) is 0 Å². The molecule has 0 aliphatic heterocycles. The topological polar surface area (TPSA) is 26.3 Å². The molecule has 2 nitrogen and oxygen atoms in total. The zero-order valence-electron chi connectivity index (χ0n) is 8.72. The van der Waals surface area contributed by atoms with Crippen LogP contribution < -0.4 is 0 Å². The third-order valence-electron chi connectivity index (χ3n) is 2.64. The van der Waals surface area contributed by atoms with Crippen LogP contribution >= 0.6 is 0 Å². The Morgan fingerprint density at radius 3 is 2.62 bits per heavy atom. The molecular formula is C11H18O2. The number of carbonyl (C=O) groups excluding carboxylic acids is 1. The number of rotatable bonds is 3. The van der Waals surface area contributed by atoms with Crippen LogP contribution in [0, 0.1) is 0 Å². The van der Waals surface area contributed by atoms with E-state index in [1.807, 2.05) is 13.8 Å². The summed E-state index contributed by atoms with van der Waals surface area (Å²) in [6, 6.07) is 0. The van der Waals surface area contributed by atoms with Crippen molar-refractivity contribution >= 4 is 5.78 Å². The van der Waals surface area contributed by atoms with E-state index >= 15 is 0 Å². The first-order chi connectivity index (χ1) is 6.08. The molecule has 1 aliphatic carbocycles. The fourth-order valence-corrected chi connectivity index (χ4v) is 1.52. The van der Waals surface area contributed by atoms with Gasteiger partial charge in [-0.3, -0.25) is 4.79 Å². The second-order valence-corrected chi connectivity index (χ2v) is 4.02. The quantitative estimate of drug-likeness (QED) is 0.670. The Balaban J connectivity index is 2.71. The molecule has 0 aromatic rings. The molecule has 0 N–H and O–H groups in total. The molecule has 0 atom stereocenters. The van der Waals surface area contributed by atoms with Crippen LogP contribution in [0.25, 0.3) is 0 Å². The highest BCUT2D eigenvalue weighted by molar-refractivity contribution is 6.01. The number of carbonyl (C=O) groups is 1. The van der Waals surface area contributed by atoms with Crippen molar-refractivity contribution in [3.05, 3.63) is 11.6 Å². The molecule has 0 spiro atoms. The largest absolute Gasteiger partial charge is 0.371 e. The van der Waals surface area contributed by atoms with Gasteiger partial charge in [0.15, 0.2) is 5.78 Å². The zero-order chi connectivity index (χ0) is 9.90. The van der Waals surface area contributed by atoms with Crippen LogP contribution in [0.2, 0.25) is 0 Å². The number of hydrogen-bond acceptors (Lipinski definition) is 2. The van der Waals surface area contributed by atoms with Crippen molar-refractivity contribution in [2.24, 2.45) is 0 Å². The lowest BCUT2D eigenvalue weighted by Crippen LogP contribution is -2.35. The maximum absolute atomic E-state index is 11.9. The van der Waals surface area contributed by atoms with E-state index in [-0.39, 0.29) is 5.78 Å². The fraction of sp³-hybridized carbons (Fsp3) is 0.727. The van der Waals surface area contributed by atoms with E-state index in [1.54, 1.807) is 7.11 Å². The highest BCUT2D eigenvalue weighted by Gasteiger charge is 2.29. The molecule has 0 amide bonds. The molecule has 0 aromatic heterocycles. The van der Waals surface area contributed by atoms with E-state index in [4.69, 9.17) is 4.74 Å². The molecule has 0 fully saturated rings. The molecule has 13 heavy (non-hydrogen) atoms. The minimum Gasteiger partial charge on any atom is -0.371 e. The summed E-state index contributed by atoms with van der Waals surface area (Å²) in [6.07, 6.45) is 6.38. The maximum Gasteiger partial charge on any atom is 0.189 e. The standard InChI is InChI=1S/C11H18O2/c1-11(2,13-3)10(12)9-7-5-4-6-8-9/h7H,4-6,8H2,1-3H3. The minimum atomic E-state index is -0.650. The molecule has 74 valence electrons. The number of ether oxygens (including phenoxy) is 1. The van der Waals surface area contributed by atoms with Gasteiger partial charge in [0.2, 0.25) is 0 Å². The van der Waals surface area contributed by atoms with Gasteiger partial charge in [-0.05, 0) is 45.1 Å². The molecular weight excluding hydrogens is 164 g/mol. The monoisotopic (exact) mass is 182 g/mol. The molecule has 0 bridgehead atoms. The highest BCUT2D eigenvalue weighted by Crippen LogP contribution is 2.23.